The number of anilines is 2. The lowest BCUT2D eigenvalue weighted by Crippen LogP contribution is -2.67. The largest absolute Gasteiger partial charge is 0.463 e. The number of ether oxygens (including phenoxy) is 2. The Kier molecular flexibility index (Phi) is 7.30. The minimum atomic E-state index is -1.10. The molecule has 0 bridgehead atoms. The number of fused-ring (bicyclic) bond motifs is 11. The normalized spacial score (nSPS) is 32.7. The van der Waals surface area contributed by atoms with Crippen molar-refractivity contribution >= 4 is 46.9 Å². The summed E-state index contributed by atoms with van der Waals surface area (Å²) in [6.45, 7) is 9.64. The van der Waals surface area contributed by atoms with Gasteiger partial charge in [-0.1, -0.05) is 36.4 Å². The molecule has 274 valence electrons. The van der Waals surface area contributed by atoms with E-state index in [1.54, 1.807) is 51.3 Å². The van der Waals surface area contributed by atoms with Crippen LogP contribution in [0.15, 0.2) is 48.5 Å². The second-order valence-corrected chi connectivity index (χ2v) is 16.9. The number of nitrogens with zero attached hydrogens (tertiary/aromatic N) is 2. The van der Waals surface area contributed by atoms with Crippen molar-refractivity contribution in [1.82, 2.24) is 20.4 Å². The number of para-hydroxylation sites is 2. The number of carbonyl (C=O) groups excluding carboxylic acids is 6. The van der Waals surface area contributed by atoms with E-state index in [4.69, 9.17) is 9.47 Å². The van der Waals surface area contributed by atoms with Gasteiger partial charge in [0.1, 0.15) is 49.7 Å². The Labute approximate surface area is 301 Å². The fourth-order valence-electron chi connectivity index (χ4n) is 9.38. The smallest absolute Gasteiger partial charge is 0.311 e. The molecule has 1 unspecified atom stereocenters. The first-order valence-corrected chi connectivity index (χ1v) is 17.8. The maximum absolute atomic E-state index is 14.5. The number of nitrogens with one attached hydrogen (secondary N) is 4. The van der Waals surface area contributed by atoms with E-state index in [0.29, 0.717) is 0 Å². The Morgan fingerprint density at radius 2 is 1.00 bits per heavy atom. The lowest BCUT2D eigenvalue weighted by Gasteiger charge is -2.48. The number of carbonyl (C=O) groups is 6. The lowest BCUT2D eigenvalue weighted by atomic mass is 9.54. The van der Waals surface area contributed by atoms with Gasteiger partial charge in [0, 0.05) is 11.4 Å². The van der Waals surface area contributed by atoms with E-state index < -0.39 is 81.9 Å². The molecule has 6 aliphatic heterocycles. The SMILES string of the molecule is CC(C)(C)C(=O)OC[C@@H]1NC(=O)[C@@H]2CC3([C@]45C[C@H]6C(=O)N[C@@H](COC(=O)C(C)(C)C)C(=O)N6[C@H]4Nc4ccccc45)c4ccccc4N[C@@H]3N2C1=O. The van der Waals surface area contributed by atoms with Crippen molar-refractivity contribution in [3.8, 4) is 0 Å². The molecule has 0 aliphatic carbocycles. The highest BCUT2D eigenvalue weighted by molar-refractivity contribution is 6.01. The number of rotatable bonds is 5. The highest BCUT2D eigenvalue weighted by atomic mass is 16.5. The Morgan fingerprint density at radius 1 is 0.635 bits per heavy atom. The van der Waals surface area contributed by atoms with Crippen LogP contribution >= 0.6 is 0 Å². The fourth-order valence-corrected chi connectivity index (χ4v) is 9.38. The summed E-state index contributed by atoms with van der Waals surface area (Å²) in [5, 5.41) is 12.8. The number of esters is 2. The molecule has 6 aliphatic rings. The number of benzene rings is 2. The van der Waals surface area contributed by atoms with Gasteiger partial charge in [0.2, 0.25) is 11.8 Å². The zero-order chi connectivity index (χ0) is 37.1. The van der Waals surface area contributed by atoms with Gasteiger partial charge >= 0.3 is 11.9 Å². The predicted octanol–water partition coefficient (Wildman–Crippen LogP) is 1.74. The monoisotopic (exact) mass is 712 g/mol. The van der Waals surface area contributed by atoms with Crippen LogP contribution < -0.4 is 21.3 Å². The Bertz CT molecular complexity index is 1800. The first-order chi connectivity index (χ1) is 24.5. The van der Waals surface area contributed by atoms with Crippen LogP contribution in [0.3, 0.4) is 0 Å². The Balaban J connectivity index is 1.23. The first-order valence-electron chi connectivity index (χ1n) is 17.8. The van der Waals surface area contributed by atoms with Crippen LogP contribution in [0, 0.1) is 10.8 Å². The molecule has 0 aromatic heterocycles. The van der Waals surface area contributed by atoms with E-state index in [9.17, 15) is 28.8 Å². The molecule has 0 radical (unpaired) electrons. The Morgan fingerprint density at radius 3 is 1.37 bits per heavy atom. The van der Waals surface area contributed by atoms with Crippen LogP contribution in [0.25, 0.3) is 0 Å². The molecule has 14 heteroatoms. The molecule has 2 aromatic rings. The predicted molar refractivity (Wildman–Crippen MR) is 186 cm³/mol. The van der Waals surface area contributed by atoms with Crippen molar-refractivity contribution in [3.05, 3.63) is 59.7 Å². The minimum absolute atomic E-state index is 0.198. The van der Waals surface area contributed by atoms with Crippen molar-refractivity contribution in [2.45, 2.75) is 102 Å². The van der Waals surface area contributed by atoms with Crippen LogP contribution in [-0.2, 0) is 49.1 Å². The van der Waals surface area contributed by atoms with Gasteiger partial charge in [0.25, 0.3) is 11.8 Å². The highest BCUT2D eigenvalue weighted by Crippen LogP contribution is 2.68. The molecule has 0 spiro atoms. The third kappa shape index (κ3) is 4.54. The van der Waals surface area contributed by atoms with Gasteiger partial charge in [-0.3, -0.25) is 28.8 Å². The van der Waals surface area contributed by atoms with Crippen LogP contribution in [0.4, 0.5) is 11.4 Å². The van der Waals surface area contributed by atoms with Gasteiger partial charge in [0.15, 0.2) is 0 Å². The molecule has 4 fully saturated rings. The summed E-state index contributed by atoms with van der Waals surface area (Å²) in [5.74, 6) is -2.52. The summed E-state index contributed by atoms with van der Waals surface area (Å²) in [6.07, 6.45) is -1.12. The van der Waals surface area contributed by atoms with Gasteiger partial charge < -0.3 is 40.5 Å². The standard InChI is InChI=1S/C38H44N6O8/c1-35(2,3)33(49)51-17-23-29(47)43-25(27(45)39-23)15-37(19-11-7-9-13-21(19)41-31(37)43)38-16-26-28(46)40-24(18-52-34(50)36(4,5)6)30(48)44(26)32(38)42-22-14-10-8-12-20(22)38/h7-14,23-26,31-32,41-42H,15-18H2,1-6H3,(H,39,45)(H,40,46)/t23-,24-,25-,26-,31+,32+,37-,38?/m0/s1. The van der Waals surface area contributed by atoms with Crippen LogP contribution in [0.2, 0.25) is 0 Å². The average Bonchev–Trinajstić information content (AvgIpc) is 3.80. The zero-order valence-corrected chi connectivity index (χ0v) is 30.1. The summed E-state index contributed by atoms with van der Waals surface area (Å²) in [7, 11) is 0. The van der Waals surface area contributed by atoms with E-state index in [0.717, 1.165) is 22.5 Å². The summed E-state index contributed by atoms with van der Waals surface area (Å²) < 4.78 is 11.1. The van der Waals surface area contributed by atoms with Crippen LogP contribution in [0.1, 0.15) is 65.5 Å². The molecular weight excluding hydrogens is 668 g/mol. The fraction of sp³-hybridized carbons (Fsp3) is 0.526. The zero-order valence-electron chi connectivity index (χ0n) is 30.1. The molecular formula is C38H44N6O8. The van der Waals surface area contributed by atoms with E-state index in [1.807, 2.05) is 48.5 Å². The quantitative estimate of drug-likeness (QED) is 0.335. The van der Waals surface area contributed by atoms with Crippen molar-refractivity contribution in [2.75, 3.05) is 23.8 Å². The number of hydrogen-bond acceptors (Lipinski definition) is 10. The first kappa shape index (κ1) is 34.0. The molecule has 0 saturated carbocycles. The topological polar surface area (TPSA) is 175 Å². The molecule has 8 rings (SSSR count). The van der Waals surface area contributed by atoms with Gasteiger partial charge in [-0.15, -0.1) is 0 Å². The van der Waals surface area contributed by atoms with Crippen molar-refractivity contribution in [3.63, 3.8) is 0 Å². The minimum Gasteiger partial charge on any atom is -0.463 e. The summed E-state index contributed by atoms with van der Waals surface area (Å²) in [6, 6.07) is 11.5. The molecule has 6 heterocycles. The second-order valence-electron chi connectivity index (χ2n) is 16.9. The second kappa shape index (κ2) is 11.2. The van der Waals surface area contributed by atoms with E-state index >= 15 is 0 Å². The maximum Gasteiger partial charge on any atom is 0.311 e. The highest BCUT2D eigenvalue weighted by Gasteiger charge is 2.78. The molecule has 4 amide bonds. The number of piperazine rings is 2. The average molecular weight is 713 g/mol. The molecule has 4 N–H and O–H groups in total. The van der Waals surface area contributed by atoms with Crippen molar-refractivity contribution < 1.29 is 38.2 Å². The maximum atomic E-state index is 14.5. The summed E-state index contributed by atoms with van der Waals surface area (Å²) in [4.78, 5) is 85.6. The number of amides is 4. The summed E-state index contributed by atoms with van der Waals surface area (Å²) in [5.41, 5.74) is -0.330. The molecule has 14 nitrogen and oxygen atoms in total. The van der Waals surface area contributed by atoms with E-state index in [1.165, 1.54) is 0 Å². The van der Waals surface area contributed by atoms with Crippen LogP contribution in [-0.4, -0.2) is 95.1 Å². The van der Waals surface area contributed by atoms with Crippen LogP contribution in [0.5, 0.6) is 0 Å². The molecule has 8 atom stereocenters. The van der Waals surface area contributed by atoms with Gasteiger partial charge in [0.05, 0.1) is 21.7 Å². The van der Waals surface area contributed by atoms with Gasteiger partial charge in [-0.2, -0.15) is 0 Å². The van der Waals surface area contributed by atoms with Gasteiger partial charge in [-0.05, 0) is 77.6 Å². The lowest BCUT2D eigenvalue weighted by molar-refractivity contribution is -0.160. The van der Waals surface area contributed by atoms with Gasteiger partial charge in [-0.25, -0.2) is 0 Å². The third-order valence-electron chi connectivity index (χ3n) is 11.7. The molecule has 52 heavy (non-hydrogen) atoms. The van der Waals surface area contributed by atoms with E-state index in [-0.39, 0.29) is 37.9 Å². The van der Waals surface area contributed by atoms with Crippen molar-refractivity contribution in [2.24, 2.45) is 10.8 Å². The van der Waals surface area contributed by atoms with Crippen molar-refractivity contribution in [1.29, 1.82) is 0 Å². The summed E-state index contributed by atoms with van der Waals surface area (Å²) >= 11 is 0. The Hall–Kier alpha value is -5.14. The number of hydrogen-bond donors (Lipinski definition) is 4. The third-order valence-corrected chi connectivity index (χ3v) is 11.7. The van der Waals surface area contributed by atoms with E-state index in [2.05, 4.69) is 21.3 Å². The molecule has 4 saturated heterocycles. The molecule has 2 aromatic carbocycles.